The second-order valence-electron chi connectivity index (χ2n) is 10.8. The largest absolute Gasteiger partial charge is 0.490 e. The Morgan fingerprint density at radius 1 is 1.05 bits per heavy atom. The molecule has 208 valence electrons. The number of nitrogens with one attached hydrogen (secondary N) is 1. The summed E-state index contributed by atoms with van der Waals surface area (Å²) in [5, 5.41) is 3.30. The van der Waals surface area contributed by atoms with Gasteiger partial charge in [0.25, 0.3) is 0 Å². The number of nitrogens with zero attached hydrogens (tertiary/aromatic N) is 4. The van der Waals surface area contributed by atoms with Gasteiger partial charge in [-0.1, -0.05) is 6.92 Å². The molecule has 2 aromatic heterocycles. The molecule has 2 atom stereocenters. The first kappa shape index (κ1) is 27.2. The van der Waals surface area contributed by atoms with Crippen LogP contribution in [-0.2, 0) is 6.54 Å². The zero-order chi connectivity index (χ0) is 27.5. The van der Waals surface area contributed by atoms with E-state index < -0.39 is 23.0 Å². The first-order chi connectivity index (χ1) is 18.8. The Kier molecular flexibility index (Phi) is 8.23. The lowest BCUT2D eigenvalue weighted by Gasteiger charge is -2.37. The number of benzene rings is 1. The molecule has 0 aliphatic carbocycles. The fourth-order valence-corrected chi connectivity index (χ4v) is 5.48. The molecule has 2 aliphatic heterocycles. The number of hydrogen-bond acceptors (Lipinski definition) is 7. The number of halogens is 3. The summed E-state index contributed by atoms with van der Waals surface area (Å²) in [6.07, 6.45) is 5.85. The molecule has 0 spiro atoms. The number of hydrogen-bond donors (Lipinski definition) is 2. The van der Waals surface area contributed by atoms with E-state index in [-0.39, 0.29) is 30.1 Å². The molecule has 0 amide bonds. The monoisotopic (exact) mass is 540 g/mol. The molecule has 10 heteroatoms. The van der Waals surface area contributed by atoms with Crippen molar-refractivity contribution in [2.75, 3.05) is 43.4 Å². The van der Waals surface area contributed by atoms with Gasteiger partial charge in [0.2, 0.25) is 0 Å². The van der Waals surface area contributed by atoms with Gasteiger partial charge in [-0.05, 0) is 50.4 Å². The van der Waals surface area contributed by atoms with Gasteiger partial charge in [-0.3, -0.25) is 4.98 Å². The first-order valence-corrected chi connectivity index (χ1v) is 13.4. The van der Waals surface area contributed by atoms with Gasteiger partial charge in [0.1, 0.15) is 35.0 Å². The molecule has 0 bridgehead atoms. The molecule has 3 aromatic rings. The highest BCUT2D eigenvalue weighted by Crippen LogP contribution is 2.33. The zero-order valence-corrected chi connectivity index (χ0v) is 22.3. The topological polar surface area (TPSA) is 79.5 Å². The van der Waals surface area contributed by atoms with Crippen molar-refractivity contribution in [1.82, 2.24) is 14.9 Å². The lowest BCUT2D eigenvalue weighted by atomic mass is 9.96. The average molecular weight is 541 g/mol. The summed E-state index contributed by atoms with van der Waals surface area (Å²) in [4.78, 5) is 12.9. The van der Waals surface area contributed by atoms with E-state index >= 15 is 8.78 Å². The highest BCUT2D eigenvalue weighted by molar-refractivity contribution is 5.69. The minimum Gasteiger partial charge on any atom is -0.490 e. The normalized spacial score (nSPS) is 20.7. The third-order valence-electron chi connectivity index (χ3n) is 7.42. The Morgan fingerprint density at radius 2 is 1.79 bits per heavy atom. The third kappa shape index (κ3) is 6.45. The van der Waals surface area contributed by atoms with Crippen molar-refractivity contribution in [1.29, 1.82) is 0 Å². The second kappa shape index (κ2) is 11.8. The molecule has 2 unspecified atom stereocenters. The van der Waals surface area contributed by atoms with E-state index in [0.717, 1.165) is 68.9 Å². The number of anilines is 2. The van der Waals surface area contributed by atoms with Crippen molar-refractivity contribution in [2.45, 2.75) is 44.9 Å². The molecular weight excluding hydrogens is 505 g/mol. The van der Waals surface area contributed by atoms with Crippen LogP contribution in [0, 0.1) is 23.4 Å². The molecular formula is C29H35F3N6O. The van der Waals surface area contributed by atoms with Crippen LogP contribution < -0.4 is 20.7 Å². The van der Waals surface area contributed by atoms with Gasteiger partial charge in [0, 0.05) is 50.6 Å². The summed E-state index contributed by atoms with van der Waals surface area (Å²) in [6, 6.07) is 6.90. The Hall–Kier alpha value is -3.37. The number of ether oxygens (including phenoxy) is 1. The summed E-state index contributed by atoms with van der Waals surface area (Å²) in [6.45, 7) is 5.71. The number of piperidine rings is 2. The minimum absolute atomic E-state index is 0.0852. The Morgan fingerprint density at radius 3 is 2.51 bits per heavy atom. The molecule has 0 saturated carbocycles. The molecule has 0 radical (unpaired) electrons. The first-order valence-electron chi connectivity index (χ1n) is 13.4. The lowest BCUT2D eigenvalue weighted by molar-refractivity contribution is 0.113. The third-order valence-corrected chi connectivity index (χ3v) is 7.42. The van der Waals surface area contributed by atoms with E-state index in [1.165, 1.54) is 12.1 Å². The van der Waals surface area contributed by atoms with Crippen molar-refractivity contribution in [2.24, 2.45) is 11.7 Å². The standard InChI is InChI=1S/C29H35F3N6O/c1-18-11-19(33)17-38(16-18)27-5-8-34-15-26(27)35-14-20-3-4-23(30)29(36-20)28-24(31)12-22(13-25(28)32)39-21-6-9-37(2)10-7-21/h3-5,8,12-13,15,18-19,21,35H,6-7,9-11,14,16-17,33H2,1-2H3. The van der Waals surface area contributed by atoms with E-state index in [0.29, 0.717) is 11.6 Å². The maximum atomic E-state index is 15.1. The van der Waals surface area contributed by atoms with Crippen molar-refractivity contribution in [3.05, 3.63) is 65.9 Å². The number of nitrogens with two attached hydrogens (primary N) is 1. The maximum absolute atomic E-state index is 15.1. The van der Waals surface area contributed by atoms with Crippen molar-refractivity contribution < 1.29 is 17.9 Å². The van der Waals surface area contributed by atoms with E-state index in [1.54, 1.807) is 12.4 Å². The number of likely N-dealkylation sites (tertiary alicyclic amines) is 1. The number of aromatic nitrogens is 2. The zero-order valence-electron chi connectivity index (χ0n) is 22.3. The smallest absolute Gasteiger partial charge is 0.149 e. The summed E-state index contributed by atoms with van der Waals surface area (Å²) in [5.74, 6) is -2.09. The highest BCUT2D eigenvalue weighted by Gasteiger charge is 2.25. The molecule has 39 heavy (non-hydrogen) atoms. The fraction of sp³-hybridized carbons (Fsp3) is 0.448. The molecule has 2 fully saturated rings. The highest BCUT2D eigenvalue weighted by atomic mass is 19.1. The van der Waals surface area contributed by atoms with Gasteiger partial charge in [-0.15, -0.1) is 0 Å². The van der Waals surface area contributed by atoms with Crippen molar-refractivity contribution >= 4 is 11.4 Å². The maximum Gasteiger partial charge on any atom is 0.149 e. The molecule has 3 N–H and O–H groups in total. The van der Waals surface area contributed by atoms with Gasteiger partial charge in [-0.25, -0.2) is 18.2 Å². The quantitative estimate of drug-likeness (QED) is 0.445. The van der Waals surface area contributed by atoms with E-state index in [1.807, 2.05) is 13.1 Å². The van der Waals surface area contributed by atoms with Crippen molar-refractivity contribution in [3.63, 3.8) is 0 Å². The summed E-state index contributed by atoms with van der Waals surface area (Å²) in [5.41, 5.74) is 7.53. The van der Waals surface area contributed by atoms with E-state index in [2.05, 4.69) is 32.0 Å². The SMILES string of the molecule is CC1CC(N)CN(c2ccncc2NCc2ccc(F)c(-c3c(F)cc(OC4CCN(C)CC4)cc3F)n2)C1. The van der Waals surface area contributed by atoms with Crippen LogP contribution in [0.25, 0.3) is 11.3 Å². The van der Waals surface area contributed by atoms with Crippen molar-refractivity contribution in [3.8, 4) is 17.0 Å². The molecule has 5 rings (SSSR count). The van der Waals surface area contributed by atoms with Gasteiger partial charge in [0.15, 0.2) is 0 Å². The number of rotatable bonds is 7. The predicted molar refractivity (Wildman–Crippen MR) is 146 cm³/mol. The average Bonchev–Trinajstić information content (AvgIpc) is 2.89. The van der Waals surface area contributed by atoms with Gasteiger partial charge in [0.05, 0.1) is 35.4 Å². The second-order valence-corrected chi connectivity index (χ2v) is 10.8. The van der Waals surface area contributed by atoms with E-state index in [4.69, 9.17) is 10.5 Å². The molecule has 2 saturated heterocycles. The van der Waals surface area contributed by atoms with E-state index in [9.17, 15) is 4.39 Å². The molecule has 7 nitrogen and oxygen atoms in total. The molecule has 1 aromatic carbocycles. The predicted octanol–water partition coefficient (Wildman–Crippen LogP) is 4.82. The van der Waals surface area contributed by atoms with Crippen LogP contribution in [0.2, 0.25) is 0 Å². The summed E-state index contributed by atoms with van der Waals surface area (Å²) >= 11 is 0. The van der Waals surface area contributed by atoms with Gasteiger partial charge < -0.3 is 25.6 Å². The Bertz CT molecular complexity index is 1270. The van der Waals surface area contributed by atoms with Crippen LogP contribution >= 0.6 is 0 Å². The Balaban J connectivity index is 1.33. The van der Waals surface area contributed by atoms with Gasteiger partial charge >= 0.3 is 0 Å². The summed E-state index contributed by atoms with van der Waals surface area (Å²) in [7, 11) is 2.02. The molecule has 4 heterocycles. The van der Waals surface area contributed by atoms with Crippen LogP contribution in [0.15, 0.2) is 42.7 Å². The van der Waals surface area contributed by atoms with Crippen LogP contribution in [0.4, 0.5) is 24.5 Å². The Labute approximate surface area is 227 Å². The van der Waals surface area contributed by atoms with Gasteiger partial charge in [-0.2, -0.15) is 0 Å². The summed E-state index contributed by atoms with van der Waals surface area (Å²) < 4.78 is 50.9. The fourth-order valence-electron chi connectivity index (χ4n) is 5.48. The van der Waals surface area contributed by atoms with Crippen LogP contribution in [0.3, 0.4) is 0 Å². The van der Waals surface area contributed by atoms with Crippen LogP contribution in [0.1, 0.15) is 31.9 Å². The lowest BCUT2D eigenvalue weighted by Crippen LogP contribution is -2.46. The van der Waals surface area contributed by atoms with Crippen LogP contribution in [0.5, 0.6) is 5.75 Å². The number of pyridine rings is 2. The molecule has 2 aliphatic rings. The van der Waals surface area contributed by atoms with Crippen LogP contribution in [-0.4, -0.2) is 60.2 Å². The minimum atomic E-state index is -0.917.